The summed E-state index contributed by atoms with van der Waals surface area (Å²) in [6, 6.07) is 13.2. The van der Waals surface area contributed by atoms with E-state index >= 15 is 0 Å². The first-order chi connectivity index (χ1) is 14.2. The number of para-hydroxylation sites is 1. The fourth-order valence-corrected chi connectivity index (χ4v) is 3.80. The quantitative estimate of drug-likeness (QED) is 0.636. The number of aromatic nitrogens is 2. The Balaban J connectivity index is 1.70. The van der Waals surface area contributed by atoms with Crippen molar-refractivity contribution in [2.45, 2.75) is 19.8 Å². The fraction of sp³-hybridized carbons (Fsp3) is 0.304. The van der Waals surface area contributed by atoms with Gasteiger partial charge in [-0.05, 0) is 44.0 Å². The number of carbonyl (C=O) groups is 2. The summed E-state index contributed by atoms with van der Waals surface area (Å²) in [5, 5.41) is 0.809. The molecule has 4 rings (SSSR count). The maximum Gasteiger partial charge on any atom is 0.310 e. The van der Waals surface area contributed by atoms with Gasteiger partial charge in [0, 0.05) is 36.4 Å². The summed E-state index contributed by atoms with van der Waals surface area (Å²) in [5.41, 5.74) is 2.92. The zero-order valence-corrected chi connectivity index (χ0v) is 16.4. The molecule has 1 unspecified atom stereocenters. The highest BCUT2D eigenvalue weighted by atomic mass is 16.5. The lowest BCUT2D eigenvalue weighted by molar-refractivity contribution is -0.149. The van der Waals surface area contributed by atoms with Gasteiger partial charge in [-0.25, -0.2) is 4.98 Å². The van der Waals surface area contributed by atoms with E-state index in [1.165, 1.54) is 0 Å². The summed E-state index contributed by atoms with van der Waals surface area (Å²) in [4.78, 5) is 36.3. The molecule has 1 atom stereocenters. The number of esters is 1. The Morgan fingerprint density at radius 2 is 2.07 bits per heavy atom. The lowest BCUT2D eigenvalue weighted by atomic mass is 9.96. The third kappa shape index (κ3) is 3.97. The number of pyridine rings is 2. The standard InChI is InChI=1S/C23H23N3O3/c1-2-29-23(28)17-8-6-12-26(15-17)22(27)19-13-21(16-7-5-11-24-14-16)25-20-10-4-3-9-18(19)20/h3-5,7,9-11,13-14,17H,2,6,8,12,15H2,1H3. The number of hydrogen-bond donors (Lipinski definition) is 0. The Kier molecular flexibility index (Phi) is 5.51. The van der Waals surface area contributed by atoms with Gasteiger partial charge >= 0.3 is 5.97 Å². The monoisotopic (exact) mass is 389 g/mol. The smallest absolute Gasteiger partial charge is 0.310 e. The molecule has 6 nitrogen and oxygen atoms in total. The Labute approximate surface area is 169 Å². The van der Waals surface area contributed by atoms with Gasteiger partial charge in [0.05, 0.1) is 29.3 Å². The minimum atomic E-state index is -0.265. The van der Waals surface area contributed by atoms with Crippen molar-refractivity contribution in [3.05, 3.63) is 60.4 Å². The first kappa shape index (κ1) is 19.1. The average Bonchev–Trinajstić information content (AvgIpc) is 2.78. The van der Waals surface area contributed by atoms with Gasteiger partial charge in [0.15, 0.2) is 0 Å². The van der Waals surface area contributed by atoms with Crippen LogP contribution in [0.5, 0.6) is 0 Å². The lowest BCUT2D eigenvalue weighted by Crippen LogP contribution is -2.42. The Bertz CT molecular complexity index is 1040. The summed E-state index contributed by atoms with van der Waals surface area (Å²) >= 11 is 0. The van der Waals surface area contributed by atoms with E-state index in [1.54, 1.807) is 24.2 Å². The molecule has 1 fully saturated rings. The second-order valence-electron chi connectivity index (χ2n) is 7.16. The van der Waals surface area contributed by atoms with Crippen molar-refractivity contribution in [2.75, 3.05) is 19.7 Å². The zero-order chi connectivity index (χ0) is 20.2. The van der Waals surface area contributed by atoms with Crippen LogP contribution in [-0.2, 0) is 9.53 Å². The highest BCUT2D eigenvalue weighted by Gasteiger charge is 2.30. The summed E-state index contributed by atoms with van der Waals surface area (Å²) < 4.78 is 5.17. The number of piperidine rings is 1. The molecule has 1 aromatic carbocycles. The predicted octanol–water partition coefficient (Wildman–Crippen LogP) is 3.71. The summed E-state index contributed by atoms with van der Waals surface area (Å²) in [6.07, 6.45) is 4.98. The lowest BCUT2D eigenvalue weighted by Gasteiger charge is -2.32. The molecule has 3 heterocycles. The Morgan fingerprint density at radius 1 is 1.21 bits per heavy atom. The van der Waals surface area contributed by atoms with Crippen molar-refractivity contribution in [1.29, 1.82) is 0 Å². The van der Waals surface area contributed by atoms with Crippen LogP contribution in [0.4, 0.5) is 0 Å². The molecule has 0 spiro atoms. The molecule has 1 amide bonds. The fourth-order valence-electron chi connectivity index (χ4n) is 3.80. The molecule has 1 saturated heterocycles. The minimum Gasteiger partial charge on any atom is -0.466 e. The molecule has 6 heteroatoms. The third-order valence-electron chi connectivity index (χ3n) is 5.23. The van der Waals surface area contributed by atoms with Gasteiger partial charge in [0.1, 0.15) is 0 Å². The van der Waals surface area contributed by atoms with Crippen LogP contribution in [0.15, 0.2) is 54.9 Å². The van der Waals surface area contributed by atoms with Gasteiger partial charge in [0.2, 0.25) is 0 Å². The van der Waals surface area contributed by atoms with Gasteiger partial charge in [-0.1, -0.05) is 18.2 Å². The van der Waals surface area contributed by atoms with E-state index in [-0.39, 0.29) is 17.8 Å². The number of amides is 1. The topological polar surface area (TPSA) is 72.4 Å². The van der Waals surface area contributed by atoms with Crippen LogP contribution in [0.1, 0.15) is 30.1 Å². The van der Waals surface area contributed by atoms with E-state index in [2.05, 4.69) is 4.98 Å². The normalized spacial score (nSPS) is 16.6. The number of hydrogen-bond acceptors (Lipinski definition) is 5. The van der Waals surface area contributed by atoms with E-state index in [0.717, 1.165) is 29.3 Å². The van der Waals surface area contributed by atoms with E-state index in [0.29, 0.717) is 31.0 Å². The minimum absolute atomic E-state index is 0.0808. The van der Waals surface area contributed by atoms with Crippen molar-refractivity contribution in [3.63, 3.8) is 0 Å². The third-order valence-corrected chi connectivity index (χ3v) is 5.23. The van der Waals surface area contributed by atoms with Crippen molar-refractivity contribution >= 4 is 22.8 Å². The maximum atomic E-state index is 13.5. The van der Waals surface area contributed by atoms with E-state index < -0.39 is 0 Å². The van der Waals surface area contributed by atoms with E-state index in [9.17, 15) is 9.59 Å². The first-order valence-corrected chi connectivity index (χ1v) is 9.93. The van der Waals surface area contributed by atoms with E-state index in [1.807, 2.05) is 42.5 Å². The first-order valence-electron chi connectivity index (χ1n) is 9.93. The number of nitrogens with zero attached hydrogens (tertiary/aromatic N) is 3. The molecule has 0 saturated carbocycles. The van der Waals surface area contributed by atoms with Crippen molar-refractivity contribution in [1.82, 2.24) is 14.9 Å². The van der Waals surface area contributed by atoms with Crippen LogP contribution in [0, 0.1) is 5.92 Å². The predicted molar refractivity (Wildman–Crippen MR) is 110 cm³/mol. The van der Waals surface area contributed by atoms with Gasteiger partial charge in [-0.2, -0.15) is 0 Å². The molecule has 148 valence electrons. The number of ether oxygens (including phenoxy) is 1. The highest BCUT2D eigenvalue weighted by molar-refractivity contribution is 6.07. The second-order valence-corrected chi connectivity index (χ2v) is 7.16. The molecule has 1 aliphatic rings. The van der Waals surface area contributed by atoms with Gasteiger partial charge in [-0.15, -0.1) is 0 Å². The van der Waals surface area contributed by atoms with Gasteiger partial charge < -0.3 is 9.64 Å². The molecule has 1 aliphatic heterocycles. The molecule has 0 N–H and O–H groups in total. The molecule has 0 bridgehead atoms. The molecule has 29 heavy (non-hydrogen) atoms. The van der Waals surface area contributed by atoms with Crippen LogP contribution in [0.2, 0.25) is 0 Å². The van der Waals surface area contributed by atoms with Gasteiger partial charge in [0.25, 0.3) is 5.91 Å². The second kappa shape index (κ2) is 8.39. The zero-order valence-electron chi connectivity index (χ0n) is 16.4. The van der Waals surface area contributed by atoms with Gasteiger partial charge in [-0.3, -0.25) is 14.6 Å². The number of likely N-dealkylation sites (tertiary alicyclic amines) is 1. The van der Waals surface area contributed by atoms with Crippen LogP contribution < -0.4 is 0 Å². The summed E-state index contributed by atoms with van der Waals surface area (Å²) in [5.74, 6) is -0.568. The Morgan fingerprint density at radius 3 is 2.86 bits per heavy atom. The number of fused-ring (bicyclic) bond motifs is 1. The van der Waals surface area contributed by atoms with Crippen LogP contribution in [0.25, 0.3) is 22.2 Å². The molecule has 0 radical (unpaired) electrons. The molecular formula is C23H23N3O3. The van der Waals surface area contributed by atoms with Crippen LogP contribution in [0.3, 0.4) is 0 Å². The van der Waals surface area contributed by atoms with E-state index in [4.69, 9.17) is 9.72 Å². The largest absolute Gasteiger partial charge is 0.466 e. The SMILES string of the molecule is CCOC(=O)C1CCCN(C(=O)c2cc(-c3cccnc3)nc3ccccc23)C1. The number of rotatable bonds is 4. The number of carbonyl (C=O) groups excluding carboxylic acids is 2. The molecule has 2 aromatic heterocycles. The molecule has 0 aliphatic carbocycles. The van der Waals surface area contributed by atoms with Crippen molar-refractivity contribution in [2.24, 2.45) is 5.92 Å². The van der Waals surface area contributed by atoms with Crippen LogP contribution in [-0.4, -0.2) is 46.4 Å². The molecular weight excluding hydrogens is 366 g/mol. The Hall–Kier alpha value is -3.28. The molecule has 3 aromatic rings. The summed E-state index contributed by atoms with van der Waals surface area (Å²) in [6.45, 7) is 3.17. The van der Waals surface area contributed by atoms with Crippen molar-refractivity contribution < 1.29 is 14.3 Å². The average molecular weight is 389 g/mol. The van der Waals surface area contributed by atoms with Crippen molar-refractivity contribution in [3.8, 4) is 11.3 Å². The van der Waals surface area contributed by atoms with Crippen LogP contribution >= 0.6 is 0 Å². The maximum absolute atomic E-state index is 13.5. The number of benzene rings is 1. The summed E-state index contributed by atoms with van der Waals surface area (Å²) in [7, 11) is 0. The highest BCUT2D eigenvalue weighted by Crippen LogP contribution is 2.27.